The molecule has 0 saturated carbocycles. The van der Waals surface area contributed by atoms with Gasteiger partial charge < -0.3 is 42.0 Å². The van der Waals surface area contributed by atoms with Gasteiger partial charge in [0.15, 0.2) is 0 Å². The monoisotopic (exact) mass is 627 g/mol. The average Bonchev–Trinajstić information content (AvgIpc) is 3.40. The third-order valence-electron chi connectivity index (χ3n) is 6.97. The first-order valence-electron chi connectivity index (χ1n) is 13.9. The summed E-state index contributed by atoms with van der Waals surface area (Å²) in [6, 6.07) is 8.47. The highest BCUT2D eigenvalue weighted by Gasteiger charge is 2.31. The highest BCUT2D eigenvalue weighted by molar-refractivity contribution is 7.98. The van der Waals surface area contributed by atoms with Crippen LogP contribution >= 0.6 is 11.8 Å². The predicted octanol–water partition coefficient (Wildman–Crippen LogP) is 1.14. The van der Waals surface area contributed by atoms with Crippen LogP contribution in [-0.4, -0.2) is 86.1 Å². The van der Waals surface area contributed by atoms with E-state index in [0.717, 1.165) is 10.9 Å². The van der Waals surface area contributed by atoms with Crippen LogP contribution in [0.3, 0.4) is 0 Å². The van der Waals surface area contributed by atoms with Gasteiger partial charge in [0.2, 0.25) is 17.7 Å². The number of fused-ring (bicyclic) bond motifs is 1. The molecule has 4 unspecified atom stereocenters. The number of rotatable bonds is 17. The van der Waals surface area contributed by atoms with Crippen molar-refractivity contribution in [2.24, 2.45) is 5.73 Å². The van der Waals surface area contributed by atoms with Gasteiger partial charge >= 0.3 is 11.9 Å². The van der Waals surface area contributed by atoms with Crippen LogP contribution in [-0.2, 0) is 36.8 Å². The van der Waals surface area contributed by atoms with Crippen LogP contribution in [0.15, 0.2) is 54.7 Å². The molecular weight excluding hydrogens is 590 g/mol. The second-order valence-electron chi connectivity index (χ2n) is 10.3. The van der Waals surface area contributed by atoms with Gasteiger partial charge in [-0.1, -0.05) is 30.3 Å². The number of carbonyl (C=O) groups is 5. The summed E-state index contributed by atoms with van der Waals surface area (Å²) in [4.78, 5) is 65.9. The molecular formula is C30H37N5O8S. The number of nitrogens with two attached hydrogens (primary N) is 1. The van der Waals surface area contributed by atoms with Gasteiger partial charge in [0.05, 0.1) is 6.04 Å². The zero-order chi connectivity index (χ0) is 32.2. The summed E-state index contributed by atoms with van der Waals surface area (Å²) in [5, 5.41) is 36.9. The Hall–Kier alpha value is -4.56. The quantitative estimate of drug-likeness (QED) is 0.107. The van der Waals surface area contributed by atoms with Gasteiger partial charge in [0.25, 0.3) is 0 Å². The Morgan fingerprint density at radius 1 is 0.841 bits per heavy atom. The third kappa shape index (κ3) is 10.0. The summed E-state index contributed by atoms with van der Waals surface area (Å²) in [7, 11) is 0. The molecule has 14 heteroatoms. The molecule has 0 aliphatic carbocycles. The highest BCUT2D eigenvalue weighted by atomic mass is 32.2. The number of benzene rings is 2. The van der Waals surface area contributed by atoms with Crippen molar-refractivity contribution in [2.75, 3.05) is 12.0 Å². The van der Waals surface area contributed by atoms with E-state index >= 15 is 0 Å². The van der Waals surface area contributed by atoms with Crippen molar-refractivity contribution in [3.8, 4) is 5.75 Å². The van der Waals surface area contributed by atoms with Gasteiger partial charge in [-0.25, -0.2) is 4.79 Å². The molecule has 0 radical (unpaired) electrons. The lowest BCUT2D eigenvalue weighted by molar-refractivity contribution is -0.142. The lowest BCUT2D eigenvalue weighted by atomic mass is 10.0. The minimum Gasteiger partial charge on any atom is -0.508 e. The SMILES string of the molecule is CSCCC(NC(=O)C(N)CCC(=O)O)C(=O)NC(Cc1c[nH]c2ccccc12)C(=O)NC(Cc1ccc(O)cc1)C(=O)O. The molecule has 44 heavy (non-hydrogen) atoms. The number of hydrogen-bond donors (Lipinski definition) is 8. The van der Waals surface area contributed by atoms with Crippen LogP contribution in [0.1, 0.15) is 30.4 Å². The molecule has 13 nitrogen and oxygen atoms in total. The molecule has 3 rings (SSSR count). The van der Waals surface area contributed by atoms with E-state index in [1.807, 2.05) is 30.5 Å². The second kappa shape index (κ2) is 16.3. The number of carbonyl (C=O) groups excluding carboxylic acids is 3. The summed E-state index contributed by atoms with van der Waals surface area (Å²) in [5.41, 5.74) is 7.91. The number of amides is 3. The van der Waals surface area contributed by atoms with Gasteiger partial charge in [0, 0.05) is 36.4 Å². The Morgan fingerprint density at radius 2 is 1.48 bits per heavy atom. The number of H-pyrrole nitrogens is 1. The van der Waals surface area contributed by atoms with E-state index in [0.29, 0.717) is 16.9 Å². The van der Waals surface area contributed by atoms with Crippen LogP contribution in [0, 0.1) is 0 Å². The topological polar surface area (TPSA) is 224 Å². The molecule has 0 bridgehead atoms. The Bertz CT molecular complexity index is 1460. The van der Waals surface area contributed by atoms with Gasteiger partial charge in [-0.15, -0.1) is 0 Å². The number of carboxylic acids is 2. The molecule has 3 amide bonds. The van der Waals surface area contributed by atoms with E-state index in [1.54, 1.807) is 18.3 Å². The zero-order valence-corrected chi connectivity index (χ0v) is 24.9. The maximum atomic E-state index is 13.6. The maximum absolute atomic E-state index is 13.6. The van der Waals surface area contributed by atoms with Crippen molar-refractivity contribution in [2.45, 2.75) is 56.3 Å². The number of thioether (sulfide) groups is 1. The fourth-order valence-corrected chi connectivity index (χ4v) is 5.01. The Morgan fingerprint density at radius 3 is 2.14 bits per heavy atom. The largest absolute Gasteiger partial charge is 0.508 e. The molecule has 0 spiro atoms. The number of phenols is 1. The smallest absolute Gasteiger partial charge is 0.326 e. The molecule has 1 heterocycles. The summed E-state index contributed by atoms with van der Waals surface area (Å²) >= 11 is 1.44. The number of aliphatic carboxylic acids is 2. The summed E-state index contributed by atoms with van der Waals surface area (Å²) < 4.78 is 0. The number of aromatic amines is 1. The number of hydrogen-bond acceptors (Lipinski definition) is 8. The molecule has 0 fully saturated rings. The lowest BCUT2D eigenvalue weighted by Gasteiger charge is -2.25. The first-order valence-corrected chi connectivity index (χ1v) is 15.3. The standard InChI is InChI=1S/C30H37N5O8S/c1-44-13-12-23(33-27(39)21(31)10-11-26(37)38)28(40)34-24(15-18-16-32-22-5-3-2-4-20(18)22)29(41)35-25(30(42)43)14-17-6-8-19(36)9-7-17/h2-9,16,21,23-25,32,36H,10-15,31H2,1H3,(H,33,39)(H,34,40)(H,35,41)(H,37,38)(H,42,43). The molecule has 3 aromatic rings. The number of para-hydroxylation sites is 1. The van der Waals surface area contributed by atoms with E-state index in [9.17, 15) is 34.2 Å². The predicted molar refractivity (Wildman–Crippen MR) is 165 cm³/mol. The van der Waals surface area contributed by atoms with E-state index in [-0.39, 0.29) is 37.9 Å². The molecule has 9 N–H and O–H groups in total. The van der Waals surface area contributed by atoms with Crippen LogP contribution < -0.4 is 21.7 Å². The third-order valence-corrected chi connectivity index (χ3v) is 7.62. The molecule has 1 aromatic heterocycles. The second-order valence-corrected chi connectivity index (χ2v) is 11.3. The first kappa shape index (κ1) is 33.9. The minimum absolute atomic E-state index is 0.00839. The van der Waals surface area contributed by atoms with E-state index in [4.69, 9.17) is 10.8 Å². The zero-order valence-electron chi connectivity index (χ0n) is 24.1. The highest BCUT2D eigenvalue weighted by Crippen LogP contribution is 2.20. The van der Waals surface area contributed by atoms with Crippen molar-refractivity contribution >= 4 is 52.3 Å². The van der Waals surface area contributed by atoms with Crippen molar-refractivity contribution < 1.29 is 39.3 Å². The number of phenolic OH excluding ortho intramolecular Hbond substituents is 1. The number of carboxylic acid groups (broad SMARTS) is 2. The van der Waals surface area contributed by atoms with Gasteiger partial charge in [-0.3, -0.25) is 19.2 Å². The Balaban J connectivity index is 1.84. The van der Waals surface area contributed by atoms with Crippen molar-refractivity contribution in [3.05, 3.63) is 65.9 Å². The van der Waals surface area contributed by atoms with Crippen LogP contribution in [0.5, 0.6) is 5.75 Å². The normalized spacial score (nSPS) is 13.8. The van der Waals surface area contributed by atoms with Crippen LogP contribution in [0.2, 0.25) is 0 Å². The van der Waals surface area contributed by atoms with Crippen LogP contribution in [0.25, 0.3) is 10.9 Å². The Labute approximate surface area is 258 Å². The molecule has 0 saturated heterocycles. The van der Waals surface area contributed by atoms with Crippen molar-refractivity contribution in [1.29, 1.82) is 0 Å². The fraction of sp³-hybridized carbons (Fsp3) is 0.367. The molecule has 4 atom stereocenters. The first-order chi connectivity index (χ1) is 21.0. The van der Waals surface area contributed by atoms with E-state index in [1.165, 1.54) is 23.9 Å². The summed E-state index contributed by atoms with van der Waals surface area (Å²) in [6.45, 7) is 0. The number of nitrogens with one attached hydrogen (secondary N) is 4. The van der Waals surface area contributed by atoms with Crippen LogP contribution in [0.4, 0.5) is 0 Å². The van der Waals surface area contributed by atoms with E-state index in [2.05, 4.69) is 20.9 Å². The van der Waals surface area contributed by atoms with Crippen molar-refractivity contribution in [1.82, 2.24) is 20.9 Å². The molecule has 236 valence electrons. The maximum Gasteiger partial charge on any atom is 0.326 e. The summed E-state index contributed by atoms with van der Waals surface area (Å²) in [6.07, 6.45) is 3.22. The Kier molecular flexibility index (Phi) is 12.6. The molecule has 2 aromatic carbocycles. The number of aromatic nitrogens is 1. The molecule has 0 aliphatic heterocycles. The fourth-order valence-electron chi connectivity index (χ4n) is 4.54. The van der Waals surface area contributed by atoms with Crippen molar-refractivity contribution in [3.63, 3.8) is 0 Å². The molecule has 0 aliphatic rings. The lowest BCUT2D eigenvalue weighted by Crippen LogP contribution is -2.58. The summed E-state index contributed by atoms with van der Waals surface area (Å²) in [5.74, 6) is -4.03. The minimum atomic E-state index is -1.34. The van der Waals surface area contributed by atoms with Gasteiger partial charge in [0.1, 0.15) is 23.9 Å². The number of aromatic hydroxyl groups is 1. The van der Waals surface area contributed by atoms with Gasteiger partial charge in [-0.2, -0.15) is 11.8 Å². The van der Waals surface area contributed by atoms with Gasteiger partial charge in [-0.05, 0) is 54.2 Å². The van der Waals surface area contributed by atoms with E-state index < -0.39 is 53.8 Å². The average molecular weight is 628 g/mol.